The fraction of sp³-hybridized carbons (Fsp3) is 0.500. The second kappa shape index (κ2) is 7.76. The molecule has 2 atom stereocenters. The highest BCUT2D eigenvalue weighted by molar-refractivity contribution is 7.90. The second-order valence-electron chi connectivity index (χ2n) is 6.23. The minimum Gasteiger partial charge on any atom is -0.369 e. The van der Waals surface area contributed by atoms with Gasteiger partial charge in [-0.15, -0.1) is 0 Å². The quantitative estimate of drug-likeness (QED) is 0.686. The van der Waals surface area contributed by atoms with Crippen LogP contribution in [0.4, 0.5) is 0 Å². The molecule has 2 amide bonds. The summed E-state index contributed by atoms with van der Waals surface area (Å²) in [7, 11) is -3.18. The van der Waals surface area contributed by atoms with E-state index < -0.39 is 15.7 Å². The Bertz CT molecular complexity index is 691. The van der Waals surface area contributed by atoms with Gasteiger partial charge in [-0.05, 0) is 5.56 Å². The van der Waals surface area contributed by atoms with Crippen LogP contribution in [0.5, 0.6) is 0 Å². The van der Waals surface area contributed by atoms with Crippen molar-refractivity contribution in [1.29, 1.82) is 0 Å². The number of benzene rings is 1. The van der Waals surface area contributed by atoms with Gasteiger partial charge in [0.05, 0.1) is 12.3 Å². The maximum Gasteiger partial charge on any atom is 0.231 e. The standard InChI is InChI=1S/C16H23N3O4S/c1-24(22,23)8-7-16(21)18-14-10-19(11-15(17)20)9-13(14)12-5-3-2-4-6-12/h2-6,13-14H,7-11H2,1H3,(H2,17,20)(H,18,21)/t13-,14+/m1/s1. The molecule has 0 aromatic heterocycles. The number of carbonyl (C=O) groups excluding carboxylic acids is 2. The third kappa shape index (κ3) is 5.61. The van der Waals surface area contributed by atoms with E-state index in [-0.39, 0.29) is 36.6 Å². The highest BCUT2D eigenvalue weighted by Gasteiger charge is 2.35. The highest BCUT2D eigenvalue weighted by atomic mass is 32.2. The van der Waals surface area contributed by atoms with Crippen molar-refractivity contribution in [2.45, 2.75) is 18.4 Å². The first kappa shape index (κ1) is 18.4. The van der Waals surface area contributed by atoms with Crippen molar-refractivity contribution in [2.24, 2.45) is 5.73 Å². The zero-order valence-electron chi connectivity index (χ0n) is 13.6. The van der Waals surface area contributed by atoms with Crippen LogP contribution >= 0.6 is 0 Å². The number of primary amides is 1. The van der Waals surface area contributed by atoms with E-state index in [4.69, 9.17) is 5.73 Å². The van der Waals surface area contributed by atoms with Crippen molar-refractivity contribution >= 4 is 21.7 Å². The van der Waals surface area contributed by atoms with Crippen LogP contribution in [0.1, 0.15) is 17.9 Å². The lowest BCUT2D eigenvalue weighted by Crippen LogP contribution is -2.41. The highest BCUT2D eigenvalue weighted by Crippen LogP contribution is 2.27. The summed E-state index contributed by atoms with van der Waals surface area (Å²) in [4.78, 5) is 25.1. The van der Waals surface area contributed by atoms with E-state index >= 15 is 0 Å². The predicted molar refractivity (Wildman–Crippen MR) is 91.1 cm³/mol. The number of rotatable bonds is 7. The first-order valence-corrected chi connectivity index (χ1v) is 9.83. The monoisotopic (exact) mass is 353 g/mol. The zero-order valence-corrected chi connectivity index (χ0v) is 14.5. The summed E-state index contributed by atoms with van der Waals surface area (Å²) in [5.74, 6) is -0.849. The van der Waals surface area contributed by atoms with Crippen LogP contribution < -0.4 is 11.1 Å². The van der Waals surface area contributed by atoms with Gasteiger partial charge in [-0.3, -0.25) is 14.5 Å². The average Bonchev–Trinajstić information content (AvgIpc) is 2.87. The Kier molecular flexibility index (Phi) is 5.95. The fourth-order valence-electron chi connectivity index (χ4n) is 2.98. The van der Waals surface area contributed by atoms with Crippen LogP contribution in [0.15, 0.2) is 30.3 Å². The van der Waals surface area contributed by atoms with Gasteiger partial charge in [0, 0.05) is 37.7 Å². The molecule has 0 unspecified atom stereocenters. The van der Waals surface area contributed by atoms with Gasteiger partial charge >= 0.3 is 0 Å². The summed E-state index contributed by atoms with van der Waals surface area (Å²) in [6.45, 7) is 1.26. The van der Waals surface area contributed by atoms with Crippen LogP contribution in [0.2, 0.25) is 0 Å². The Morgan fingerprint density at radius 3 is 2.50 bits per heavy atom. The van der Waals surface area contributed by atoms with E-state index in [1.54, 1.807) is 0 Å². The van der Waals surface area contributed by atoms with Crippen LogP contribution in [0.25, 0.3) is 0 Å². The number of nitrogens with two attached hydrogens (primary N) is 1. The van der Waals surface area contributed by atoms with Gasteiger partial charge < -0.3 is 11.1 Å². The lowest BCUT2D eigenvalue weighted by molar-refractivity contribution is -0.121. The molecule has 8 heteroatoms. The van der Waals surface area contributed by atoms with E-state index in [9.17, 15) is 18.0 Å². The normalized spacial score (nSPS) is 21.5. The van der Waals surface area contributed by atoms with Crippen LogP contribution in [0, 0.1) is 0 Å². The fourth-order valence-corrected chi connectivity index (χ4v) is 3.53. The van der Waals surface area contributed by atoms with Gasteiger partial charge in [-0.2, -0.15) is 0 Å². The van der Waals surface area contributed by atoms with Gasteiger partial charge in [0.1, 0.15) is 9.84 Å². The lowest BCUT2D eigenvalue weighted by Gasteiger charge is -2.20. The minimum atomic E-state index is -3.18. The summed E-state index contributed by atoms with van der Waals surface area (Å²) >= 11 is 0. The third-order valence-corrected chi connectivity index (χ3v) is 4.99. The third-order valence-electron chi connectivity index (χ3n) is 4.05. The molecular weight excluding hydrogens is 330 g/mol. The number of hydrogen-bond acceptors (Lipinski definition) is 5. The Labute approximate surface area is 142 Å². The molecule has 1 saturated heterocycles. The molecule has 0 radical (unpaired) electrons. The zero-order chi connectivity index (χ0) is 17.7. The first-order chi connectivity index (χ1) is 11.2. The Morgan fingerprint density at radius 1 is 1.25 bits per heavy atom. The molecule has 0 spiro atoms. The van der Waals surface area contributed by atoms with Crippen molar-refractivity contribution in [3.8, 4) is 0 Å². The van der Waals surface area contributed by atoms with Crippen LogP contribution in [0.3, 0.4) is 0 Å². The van der Waals surface area contributed by atoms with Crippen molar-refractivity contribution in [3.05, 3.63) is 35.9 Å². The molecule has 0 bridgehead atoms. The van der Waals surface area contributed by atoms with Crippen molar-refractivity contribution in [1.82, 2.24) is 10.2 Å². The minimum absolute atomic E-state index is 0.0349. The molecule has 1 aromatic carbocycles. The number of carbonyl (C=O) groups is 2. The number of likely N-dealkylation sites (tertiary alicyclic amines) is 1. The first-order valence-electron chi connectivity index (χ1n) is 7.77. The van der Waals surface area contributed by atoms with Gasteiger partial charge in [0.15, 0.2) is 0 Å². The summed E-state index contributed by atoms with van der Waals surface area (Å²) in [5.41, 5.74) is 6.33. The van der Waals surface area contributed by atoms with E-state index in [1.807, 2.05) is 35.2 Å². The van der Waals surface area contributed by atoms with E-state index in [0.717, 1.165) is 11.8 Å². The number of nitrogens with one attached hydrogen (secondary N) is 1. The van der Waals surface area contributed by atoms with E-state index in [0.29, 0.717) is 13.1 Å². The smallest absolute Gasteiger partial charge is 0.231 e. The molecule has 132 valence electrons. The van der Waals surface area contributed by atoms with Gasteiger partial charge in [0.2, 0.25) is 11.8 Å². The number of amides is 2. The molecule has 0 aliphatic carbocycles. The van der Waals surface area contributed by atoms with Crippen LogP contribution in [-0.4, -0.2) is 62.8 Å². The summed E-state index contributed by atoms with van der Waals surface area (Å²) in [6, 6.07) is 9.55. The Morgan fingerprint density at radius 2 is 1.92 bits per heavy atom. The predicted octanol–water partition coefficient (Wildman–Crippen LogP) is -0.509. The molecule has 2 rings (SSSR count). The molecule has 0 saturated carbocycles. The molecule has 1 heterocycles. The lowest BCUT2D eigenvalue weighted by atomic mass is 9.94. The molecule has 1 aliphatic heterocycles. The Hall–Kier alpha value is -1.93. The summed E-state index contributed by atoms with van der Waals surface area (Å²) in [6.07, 6.45) is 1.05. The SMILES string of the molecule is CS(=O)(=O)CCC(=O)N[C@H]1CN(CC(N)=O)C[C@@H]1c1ccccc1. The number of sulfone groups is 1. The maximum atomic E-state index is 12.1. The molecule has 3 N–H and O–H groups in total. The molecule has 1 aliphatic rings. The Balaban J connectivity index is 2.06. The van der Waals surface area contributed by atoms with E-state index in [1.165, 1.54) is 0 Å². The molecule has 7 nitrogen and oxygen atoms in total. The number of hydrogen-bond donors (Lipinski definition) is 2. The molecule has 1 fully saturated rings. The summed E-state index contributed by atoms with van der Waals surface area (Å²) < 4.78 is 22.4. The average molecular weight is 353 g/mol. The largest absolute Gasteiger partial charge is 0.369 e. The van der Waals surface area contributed by atoms with Gasteiger partial charge in [-0.25, -0.2) is 8.42 Å². The maximum absolute atomic E-state index is 12.1. The van der Waals surface area contributed by atoms with Gasteiger partial charge in [-0.1, -0.05) is 30.3 Å². The molecular formula is C16H23N3O4S. The second-order valence-corrected chi connectivity index (χ2v) is 8.49. The number of nitrogens with zero attached hydrogens (tertiary/aromatic N) is 1. The van der Waals surface area contributed by atoms with Crippen molar-refractivity contribution in [2.75, 3.05) is 31.6 Å². The van der Waals surface area contributed by atoms with Crippen molar-refractivity contribution in [3.63, 3.8) is 0 Å². The van der Waals surface area contributed by atoms with Crippen molar-refractivity contribution < 1.29 is 18.0 Å². The van der Waals surface area contributed by atoms with E-state index in [2.05, 4.69) is 5.32 Å². The molecule has 1 aromatic rings. The molecule has 24 heavy (non-hydrogen) atoms. The topological polar surface area (TPSA) is 110 Å². The van der Waals surface area contributed by atoms with Gasteiger partial charge in [0.25, 0.3) is 0 Å². The summed E-state index contributed by atoms with van der Waals surface area (Å²) in [5, 5.41) is 2.91. The van der Waals surface area contributed by atoms with Crippen LogP contribution in [-0.2, 0) is 19.4 Å².